The van der Waals surface area contributed by atoms with Crippen molar-refractivity contribution in [3.8, 4) is 0 Å². The molecule has 0 unspecified atom stereocenters. The number of esters is 1. The van der Waals surface area contributed by atoms with Gasteiger partial charge in [0.05, 0.1) is 5.69 Å². The number of amides is 1. The van der Waals surface area contributed by atoms with E-state index in [-0.39, 0.29) is 18.3 Å². The Kier molecular flexibility index (Phi) is 7.41. The summed E-state index contributed by atoms with van der Waals surface area (Å²) < 4.78 is 19.4. The van der Waals surface area contributed by atoms with Gasteiger partial charge in [0, 0.05) is 42.8 Å². The van der Waals surface area contributed by atoms with Gasteiger partial charge in [-0.3, -0.25) is 9.59 Å². The van der Waals surface area contributed by atoms with Gasteiger partial charge in [0.2, 0.25) is 0 Å². The summed E-state index contributed by atoms with van der Waals surface area (Å²) in [6.45, 7) is 2.63. The van der Waals surface area contributed by atoms with Crippen molar-refractivity contribution in [2.24, 2.45) is 0 Å². The molecule has 162 valence electrons. The molecule has 0 spiro atoms. The summed E-state index contributed by atoms with van der Waals surface area (Å²) in [7, 11) is 0. The first kappa shape index (κ1) is 22.5. The lowest BCUT2D eigenvalue weighted by Gasteiger charge is -2.36. The van der Waals surface area contributed by atoms with Crippen LogP contribution in [0.2, 0.25) is 5.02 Å². The van der Waals surface area contributed by atoms with Gasteiger partial charge in [-0.2, -0.15) is 0 Å². The summed E-state index contributed by atoms with van der Waals surface area (Å²) in [5.41, 5.74) is 1.39. The second kappa shape index (κ2) is 10.2. The minimum atomic E-state index is -0.639. The largest absolute Gasteiger partial charge is 0.452 e. The van der Waals surface area contributed by atoms with E-state index in [1.165, 1.54) is 25.1 Å². The molecule has 0 bridgehead atoms. The molecule has 1 heterocycles. The van der Waals surface area contributed by atoms with Gasteiger partial charge in [-0.25, -0.2) is 9.18 Å². The lowest BCUT2D eigenvalue weighted by atomic mass is 10.1. The van der Waals surface area contributed by atoms with Crippen molar-refractivity contribution in [3.05, 3.63) is 70.5 Å². The van der Waals surface area contributed by atoms with Crippen LogP contribution in [0.1, 0.15) is 22.8 Å². The number of ketones is 1. The maximum absolute atomic E-state index is 14.3. The standard InChI is InChI=1S/C23H22ClFN2O4/c1-16(28)18-6-8-21(20(25)14-18)26-10-12-27(13-11-26)22(29)15-31-23(30)9-7-17-4-2-3-5-19(17)24/h2-9,14H,10-13,15H2,1H3/b9-7+. The molecule has 2 aromatic carbocycles. The molecule has 0 N–H and O–H groups in total. The maximum atomic E-state index is 14.3. The number of anilines is 1. The highest BCUT2D eigenvalue weighted by molar-refractivity contribution is 6.32. The van der Waals surface area contributed by atoms with Gasteiger partial charge in [0.1, 0.15) is 5.82 Å². The summed E-state index contributed by atoms with van der Waals surface area (Å²) in [4.78, 5) is 39.0. The van der Waals surface area contributed by atoms with Crippen LogP contribution in [0, 0.1) is 5.82 Å². The molecule has 0 aliphatic carbocycles. The molecule has 0 radical (unpaired) electrons. The van der Waals surface area contributed by atoms with Crippen molar-refractivity contribution in [1.29, 1.82) is 0 Å². The maximum Gasteiger partial charge on any atom is 0.331 e. The van der Waals surface area contributed by atoms with Crippen molar-refractivity contribution >= 4 is 41.0 Å². The molecule has 1 saturated heterocycles. The number of benzene rings is 2. The Morgan fingerprint density at radius 2 is 1.81 bits per heavy atom. The number of ether oxygens (including phenoxy) is 1. The Morgan fingerprint density at radius 1 is 1.10 bits per heavy atom. The van der Waals surface area contributed by atoms with Crippen LogP contribution in [0.25, 0.3) is 6.08 Å². The van der Waals surface area contributed by atoms with E-state index in [2.05, 4.69) is 0 Å². The minimum absolute atomic E-state index is 0.197. The SMILES string of the molecule is CC(=O)c1ccc(N2CCN(C(=O)COC(=O)/C=C/c3ccccc3Cl)CC2)c(F)c1. The number of piperazine rings is 1. The fourth-order valence-corrected chi connectivity index (χ4v) is 3.42. The Bertz CT molecular complexity index is 1020. The van der Waals surface area contributed by atoms with Gasteiger partial charge >= 0.3 is 5.97 Å². The number of nitrogens with zero attached hydrogens (tertiary/aromatic N) is 2. The Labute approximate surface area is 184 Å². The van der Waals surface area contributed by atoms with Crippen LogP contribution in [-0.4, -0.2) is 55.3 Å². The number of halogens is 2. The first-order chi connectivity index (χ1) is 14.8. The highest BCUT2D eigenvalue weighted by atomic mass is 35.5. The normalized spacial score (nSPS) is 14.0. The molecule has 1 aliphatic rings. The zero-order valence-electron chi connectivity index (χ0n) is 17.0. The molecule has 1 aliphatic heterocycles. The number of carbonyl (C=O) groups is 3. The second-order valence-electron chi connectivity index (χ2n) is 7.05. The summed E-state index contributed by atoms with van der Waals surface area (Å²) in [5.74, 6) is -1.62. The van der Waals surface area contributed by atoms with Gasteiger partial charge in [-0.1, -0.05) is 29.8 Å². The van der Waals surface area contributed by atoms with Crippen LogP contribution in [0.15, 0.2) is 48.5 Å². The van der Waals surface area contributed by atoms with E-state index in [0.717, 1.165) is 0 Å². The summed E-state index contributed by atoms with van der Waals surface area (Å²) in [5, 5.41) is 0.507. The number of rotatable bonds is 6. The Hall–Kier alpha value is -3.19. The van der Waals surface area contributed by atoms with Gasteiger partial charge in [-0.15, -0.1) is 0 Å². The first-order valence-corrected chi connectivity index (χ1v) is 10.2. The molecule has 6 nitrogen and oxygen atoms in total. The van der Waals surface area contributed by atoms with Crippen LogP contribution in [0.3, 0.4) is 0 Å². The quantitative estimate of drug-likeness (QED) is 0.387. The van der Waals surface area contributed by atoms with E-state index in [9.17, 15) is 18.8 Å². The van der Waals surface area contributed by atoms with Crippen LogP contribution in [-0.2, 0) is 14.3 Å². The molecule has 0 atom stereocenters. The first-order valence-electron chi connectivity index (χ1n) is 9.77. The summed E-state index contributed by atoms with van der Waals surface area (Å²) >= 11 is 6.02. The third-order valence-corrected chi connectivity index (χ3v) is 5.31. The van der Waals surface area contributed by atoms with Crippen LogP contribution >= 0.6 is 11.6 Å². The number of hydrogen-bond acceptors (Lipinski definition) is 5. The smallest absolute Gasteiger partial charge is 0.331 e. The van der Waals surface area contributed by atoms with Gasteiger partial charge in [-0.05, 0) is 42.8 Å². The Balaban J connectivity index is 1.47. The average Bonchev–Trinajstić information content (AvgIpc) is 2.77. The number of hydrogen-bond donors (Lipinski definition) is 0. The monoisotopic (exact) mass is 444 g/mol. The van der Waals surface area contributed by atoms with Crippen molar-refractivity contribution in [3.63, 3.8) is 0 Å². The van der Waals surface area contributed by atoms with Gasteiger partial charge in [0.15, 0.2) is 12.4 Å². The zero-order valence-corrected chi connectivity index (χ0v) is 17.8. The minimum Gasteiger partial charge on any atom is -0.452 e. The molecule has 8 heteroatoms. The molecular weight excluding hydrogens is 423 g/mol. The average molecular weight is 445 g/mol. The van der Waals surface area contributed by atoms with E-state index in [4.69, 9.17) is 16.3 Å². The van der Waals surface area contributed by atoms with Crippen molar-refractivity contribution < 1.29 is 23.5 Å². The van der Waals surface area contributed by atoms with Gasteiger partial charge in [0.25, 0.3) is 5.91 Å². The van der Waals surface area contributed by atoms with Gasteiger partial charge < -0.3 is 14.5 Å². The molecule has 3 rings (SSSR count). The molecule has 1 fully saturated rings. The zero-order chi connectivity index (χ0) is 22.4. The Morgan fingerprint density at radius 3 is 2.45 bits per heavy atom. The lowest BCUT2D eigenvalue weighted by Crippen LogP contribution is -2.50. The van der Waals surface area contributed by atoms with Crippen molar-refractivity contribution in [2.75, 3.05) is 37.7 Å². The fraction of sp³-hybridized carbons (Fsp3) is 0.261. The molecule has 31 heavy (non-hydrogen) atoms. The highest BCUT2D eigenvalue weighted by Crippen LogP contribution is 2.22. The lowest BCUT2D eigenvalue weighted by molar-refractivity contribution is -0.148. The number of Topliss-reactive ketones (excluding diaryl/α,β-unsaturated/α-hetero) is 1. The predicted molar refractivity (Wildman–Crippen MR) is 117 cm³/mol. The molecule has 0 aromatic heterocycles. The predicted octanol–water partition coefficient (Wildman–Crippen LogP) is 3.59. The second-order valence-corrected chi connectivity index (χ2v) is 7.46. The fourth-order valence-electron chi connectivity index (χ4n) is 3.22. The van der Waals surface area contributed by atoms with Crippen molar-refractivity contribution in [1.82, 2.24) is 4.90 Å². The molecule has 0 saturated carbocycles. The van der Waals surface area contributed by atoms with Crippen LogP contribution < -0.4 is 4.90 Å². The van der Waals surface area contributed by atoms with Crippen LogP contribution in [0.4, 0.5) is 10.1 Å². The van der Waals surface area contributed by atoms with Crippen molar-refractivity contribution in [2.45, 2.75) is 6.92 Å². The third-order valence-electron chi connectivity index (χ3n) is 4.97. The van der Waals surface area contributed by atoms with E-state index < -0.39 is 11.8 Å². The van der Waals surface area contributed by atoms with E-state index in [1.807, 2.05) is 4.90 Å². The van der Waals surface area contributed by atoms with Crippen LogP contribution in [0.5, 0.6) is 0 Å². The van der Waals surface area contributed by atoms with E-state index in [1.54, 1.807) is 41.3 Å². The summed E-state index contributed by atoms with van der Waals surface area (Å²) in [6, 6.07) is 11.4. The van der Waals surface area contributed by atoms with E-state index >= 15 is 0 Å². The van der Waals surface area contributed by atoms with E-state index in [0.29, 0.717) is 48.0 Å². The molecular formula is C23H22ClFN2O4. The summed E-state index contributed by atoms with van der Waals surface area (Å²) in [6.07, 6.45) is 2.75. The highest BCUT2D eigenvalue weighted by Gasteiger charge is 2.23. The number of carbonyl (C=O) groups excluding carboxylic acids is 3. The molecule has 2 aromatic rings. The topological polar surface area (TPSA) is 66.9 Å². The molecule has 1 amide bonds. The third kappa shape index (κ3) is 5.92.